The molecule has 0 N–H and O–H groups in total. The van der Waals surface area contributed by atoms with Gasteiger partial charge in [-0.15, -0.1) is 25.7 Å². The van der Waals surface area contributed by atoms with Gasteiger partial charge in [0.25, 0.3) is 5.69 Å². The number of nitrogens with zero attached hydrogens (tertiary/aromatic N) is 1. The zero-order chi connectivity index (χ0) is 15.8. The standard InChI is InChI=1S/C18H9NO2/c1-5-14(6-2)11-16-9-10-17(12-15(7-3)8-4)18(13-16)19(20)21/h1-4,9-13H. The Balaban J connectivity index is 3.46. The SMILES string of the molecule is C#CC(C#C)=Cc1ccc(C=C(C#C)C#C)c([N+](=O)[O-])c1. The van der Waals surface area contributed by atoms with Crippen LogP contribution in [-0.4, -0.2) is 4.92 Å². The first kappa shape index (κ1) is 15.4. The van der Waals surface area contributed by atoms with Crippen LogP contribution in [0.5, 0.6) is 0 Å². The van der Waals surface area contributed by atoms with Gasteiger partial charge in [0.2, 0.25) is 0 Å². The van der Waals surface area contributed by atoms with Gasteiger partial charge in [-0.1, -0.05) is 29.7 Å². The second-order valence-electron chi connectivity index (χ2n) is 3.77. The summed E-state index contributed by atoms with van der Waals surface area (Å²) in [5.74, 6) is 9.15. The molecule has 0 unspecified atom stereocenters. The third-order valence-electron chi connectivity index (χ3n) is 2.48. The maximum absolute atomic E-state index is 11.1. The van der Waals surface area contributed by atoms with Crippen molar-refractivity contribution in [3.05, 3.63) is 50.6 Å². The number of benzene rings is 1. The highest BCUT2D eigenvalue weighted by molar-refractivity contribution is 5.73. The number of hydrogen-bond acceptors (Lipinski definition) is 2. The third-order valence-corrected chi connectivity index (χ3v) is 2.48. The monoisotopic (exact) mass is 271 g/mol. The van der Waals surface area contributed by atoms with Gasteiger partial charge in [0.05, 0.1) is 21.6 Å². The van der Waals surface area contributed by atoms with Gasteiger partial charge in [0.15, 0.2) is 0 Å². The molecular formula is C18H9NO2. The smallest absolute Gasteiger partial charge is 0.258 e. The van der Waals surface area contributed by atoms with E-state index in [4.69, 9.17) is 25.7 Å². The molecule has 0 radical (unpaired) electrons. The zero-order valence-corrected chi connectivity index (χ0v) is 11.0. The molecule has 0 aliphatic heterocycles. The summed E-state index contributed by atoms with van der Waals surface area (Å²) in [6.45, 7) is 0. The van der Waals surface area contributed by atoms with Crippen molar-refractivity contribution in [2.45, 2.75) is 0 Å². The Morgan fingerprint density at radius 2 is 1.52 bits per heavy atom. The second-order valence-corrected chi connectivity index (χ2v) is 3.77. The molecule has 1 rings (SSSR count). The number of allylic oxidation sites excluding steroid dienone is 2. The van der Waals surface area contributed by atoms with Gasteiger partial charge in [0, 0.05) is 6.07 Å². The van der Waals surface area contributed by atoms with E-state index in [0.29, 0.717) is 16.7 Å². The average Bonchev–Trinajstić information content (AvgIpc) is 2.50. The fourth-order valence-electron chi connectivity index (χ4n) is 1.50. The predicted molar refractivity (Wildman–Crippen MR) is 84.4 cm³/mol. The normalized spacial score (nSPS) is 8.19. The molecule has 0 amide bonds. The Bertz CT molecular complexity index is 781. The summed E-state index contributed by atoms with van der Waals surface area (Å²) in [6, 6.07) is 4.52. The van der Waals surface area contributed by atoms with Crippen LogP contribution in [0.2, 0.25) is 0 Å². The van der Waals surface area contributed by atoms with Gasteiger partial charge in [-0.2, -0.15) is 0 Å². The average molecular weight is 271 g/mol. The Morgan fingerprint density at radius 3 is 2.00 bits per heavy atom. The van der Waals surface area contributed by atoms with Crippen LogP contribution in [0, 0.1) is 59.5 Å². The first-order valence-corrected chi connectivity index (χ1v) is 5.64. The lowest BCUT2D eigenvalue weighted by Gasteiger charge is -2.00. The van der Waals surface area contributed by atoms with Crippen molar-refractivity contribution in [2.75, 3.05) is 0 Å². The van der Waals surface area contributed by atoms with Gasteiger partial charge in [-0.05, 0) is 23.8 Å². The lowest BCUT2D eigenvalue weighted by atomic mass is 10.0. The first-order chi connectivity index (χ1) is 10.0. The molecular weight excluding hydrogens is 262 g/mol. The van der Waals surface area contributed by atoms with Crippen LogP contribution < -0.4 is 0 Å². The minimum absolute atomic E-state index is 0.139. The van der Waals surface area contributed by atoms with E-state index in [0.717, 1.165) is 0 Å². The Hall–Kier alpha value is -3.66. The quantitative estimate of drug-likeness (QED) is 0.482. The summed E-state index contributed by atoms with van der Waals surface area (Å²) in [5, 5.41) is 11.1. The van der Waals surface area contributed by atoms with Crippen LogP contribution >= 0.6 is 0 Å². The Morgan fingerprint density at radius 1 is 1.00 bits per heavy atom. The molecule has 98 valence electrons. The van der Waals surface area contributed by atoms with E-state index in [2.05, 4.69) is 23.7 Å². The van der Waals surface area contributed by atoms with E-state index in [1.54, 1.807) is 6.07 Å². The molecule has 3 heteroatoms. The van der Waals surface area contributed by atoms with Crippen molar-refractivity contribution in [1.29, 1.82) is 0 Å². The molecule has 1 aromatic rings. The van der Waals surface area contributed by atoms with E-state index >= 15 is 0 Å². The van der Waals surface area contributed by atoms with Crippen molar-refractivity contribution < 1.29 is 4.92 Å². The molecule has 3 nitrogen and oxygen atoms in total. The zero-order valence-electron chi connectivity index (χ0n) is 11.0. The van der Waals surface area contributed by atoms with Gasteiger partial charge < -0.3 is 0 Å². The number of nitro groups is 1. The van der Waals surface area contributed by atoms with Crippen LogP contribution in [0.4, 0.5) is 5.69 Å². The van der Waals surface area contributed by atoms with Crippen LogP contribution in [0.3, 0.4) is 0 Å². The summed E-state index contributed by atoms with van der Waals surface area (Å²) in [5.41, 5.74) is 1.20. The van der Waals surface area contributed by atoms with Crippen LogP contribution in [-0.2, 0) is 0 Å². The minimum Gasteiger partial charge on any atom is -0.258 e. The highest BCUT2D eigenvalue weighted by Gasteiger charge is 2.12. The highest BCUT2D eigenvalue weighted by Crippen LogP contribution is 2.24. The van der Waals surface area contributed by atoms with Crippen molar-refractivity contribution >= 4 is 17.8 Å². The highest BCUT2D eigenvalue weighted by atomic mass is 16.6. The van der Waals surface area contributed by atoms with Gasteiger partial charge in [-0.25, -0.2) is 0 Å². The molecule has 0 bridgehead atoms. The van der Waals surface area contributed by atoms with Crippen molar-refractivity contribution in [1.82, 2.24) is 0 Å². The molecule has 0 aromatic heterocycles. The lowest BCUT2D eigenvalue weighted by molar-refractivity contribution is -0.385. The minimum atomic E-state index is -0.529. The first-order valence-electron chi connectivity index (χ1n) is 5.64. The van der Waals surface area contributed by atoms with E-state index in [-0.39, 0.29) is 11.3 Å². The largest absolute Gasteiger partial charge is 0.277 e. The fraction of sp³-hybridized carbons (Fsp3) is 0. The molecule has 0 fully saturated rings. The summed E-state index contributed by atoms with van der Waals surface area (Å²) in [4.78, 5) is 10.6. The van der Waals surface area contributed by atoms with E-state index in [1.807, 2.05) is 0 Å². The summed E-state index contributed by atoms with van der Waals surface area (Å²) < 4.78 is 0. The van der Waals surface area contributed by atoms with Crippen molar-refractivity contribution in [2.24, 2.45) is 0 Å². The van der Waals surface area contributed by atoms with Crippen LogP contribution in [0.25, 0.3) is 12.2 Å². The van der Waals surface area contributed by atoms with E-state index in [1.165, 1.54) is 24.3 Å². The van der Waals surface area contributed by atoms with E-state index in [9.17, 15) is 10.1 Å². The Labute approximate surface area is 123 Å². The summed E-state index contributed by atoms with van der Waals surface area (Å²) in [6.07, 6.45) is 23.7. The molecule has 0 aliphatic carbocycles. The second kappa shape index (κ2) is 7.06. The van der Waals surface area contributed by atoms with Crippen LogP contribution in [0.15, 0.2) is 29.3 Å². The molecule has 0 heterocycles. The number of terminal acetylenes is 4. The molecule has 0 atom stereocenters. The third kappa shape index (κ3) is 3.90. The maximum Gasteiger partial charge on any atom is 0.277 e. The number of nitro benzene ring substituents is 1. The molecule has 0 saturated heterocycles. The molecule has 0 saturated carbocycles. The maximum atomic E-state index is 11.1. The van der Waals surface area contributed by atoms with Gasteiger partial charge >= 0.3 is 0 Å². The molecule has 0 aliphatic rings. The predicted octanol–water partition coefficient (Wildman–Crippen LogP) is 2.89. The molecule has 0 spiro atoms. The van der Waals surface area contributed by atoms with Gasteiger partial charge in [-0.3, -0.25) is 10.1 Å². The molecule has 21 heavy (non-hydrogen) atoms. The summed E-state index contributed by atoms with van der Waals surface area (Å²) in [7, 11) is 0. The van der Waals surface area contributed by atoms with Crippen LogP contribution in [0.1, 0.15) is 11.1 Å². The van der Waals surface area contributed by atoms with Crippen molar-refractivity contribution in [3.63, 3.8) is 0 Å². The lowest BCUT2D eigenvalue weighted by Crippen LogP contribution is -1.93. The summed E-state index contributed by atoms with van der Waals surface area (Å²) >= 11 is 0. The van der Waals surface area contributed by atoms with Crippen molar-refractivity contribution in [3.8, 4) is 49.4 Å². The van der Waals surface area contributed by atoms with E-state index < -0.39 is 4.92 Å². The number of hydrogen-bond donors (Lipinski definition) is 0. The topological polar surface area (TPSA) is 43.1 Å². The Kier molecular flexibility index (Phi) is 5.18. The molecule has 1 aromatic carbocycles. The fourth-order valence-corrected chi connectivity index (χ4v) is 1.50. The van der Waals surface area contributed by atoms with Gasteiger partial charge in [0.1, 0.15) is 0 Å². The number of rotatable bonds is 3.